The zero-order valence-corrected chi connectivity index (χ0v) is 14.1. The van der Waals surface area contributed by atoms with Crippen molar-refractivity contribution in [2.45, 2.75) is 32.4 Å². The van der Waals surface area contributed by atoms with E-state index in [-0.39, 0.29) is 17.4 Å². The number of thiophene rings is 1. The molecule has 0 unspecified atom stereocenters. The van der Waals surface area contributed by atoms with Gasteiger partial charge in [-0.05, 0) is 36.3 Å². The van der Waals surface area contributed by atoms with E-state index in [0.717, 1.165) is 23.5 Å². The van der Waals surface area contributed by atoms with E-state index in [1.165, 1.54) is 17.8 Å². The van der Waals surface area contributed by atoms with Crippen LogP contribution in [0.3, 0.4) is 0 Å². The quantitative estimate of drug-likeness (QED) is 0.795. The highest BCUT2D eigenvalue weighted by atomic mass is 32.2. The third-order valence-electron chi connectivity index (χ3n) is 4.28. The van der Waals surface area contributed by atoms with Gasteiger partial charge in [0.2, 0.25) is 0 Å². The lowest BCUT2D eigenvalue weighted by atomic mass is 9.92. The maximum Gasteiger partial charge on any atom is 0.263 e. The lowest BCUT2D eigenvalue weighted by molar-refractivity contribution is 0.0628. The third-order valence-corrected chi connectivity index (χ3v) is 7.08. The van der Waals surface area contributed by atoms with Crippen LogP contribution in [0.5, 0.6) is 0 Å². The molecular weight excluding hydrogens is 306 g/mol. The molecule has 0 N–H and O–H groups in total. The minimum atomic E-state index is -2.97. The number of hydrogen-bond donors (Lipinski definition) is 0. The molecule has 1 aromatic rings. The number of rotatable bonds is 1. The average molecular weight is 327 g/mol. The van der Waals surface area contributed by atoms with Gasteiger partial charge in [-0.15, -0.1) is 11.3 Å². The van der Waals surface area contributed by atoms with Gasteiger partial charge in [-0.1, -0.05) is 13.8 Å². The second-order valence-electron chi connectivity index (χ2n) is 6.56. The summed E-state index contributed by atoms with van der Waals surface area (Å²) < 4.78 is 23.4. The predicted octanol–water partition coefficient (Wildman–Crippen LogP) is 2.34. The van der Waals surface area contributed by atoms with Gasteiger partial charge in [-0.3, -0.25) is 4.79 Å². The molecule has 1 aromatic heterocycles. The molecule has 1 amide bonds. The van der Waals surface area contributed by atoms with Gasteiger partial charge in [0.1, 0.15) is 0 Å². The Kier molecular flexibility index (Phi) is 3.86. The maximum atomic E-state index is 12.7. The summed E-state index contributed by atoms with van der Waals surface area (Å²) in [4.78, 5) is 16.4. The van der Waals surface area contributed by atoms with Gasteiger partial charge in [0.25, 0.3) is 5.91 Å². The summed E-state index contributed by atoms with van der Waals surface area (Å²) in [6.07, 6.45) is 1.73. The largest absolute Gasteiger partial charge is 0.337 e. The number of hydrogen-bond acceptors (Lipinski definition) is 4. The summed E-state index contributed by atoms with van der Waals surface area (Å²) in [5.41, 5.74) is 0.840. The number of amides is 1. The number of carbonyl (C=O) groups is 1. The highest BCUT2D eigenvalue weighted by molar-refractivity contribution is 7.90. The number of carbonyl (C=O) groups excluding carboxylic acids is 1. The monoisotopic (exact) mass is 327 g/mol. The molecular formula is C15H21NO3S2. The summed E-state index contributed by atoms with van der Waals surface area (Å²) in [6.45, 7) is 5.98. The zero-order chi connectivity index (χ0) is 15.2. The first-order valence-corrected chi connectivity index (χ1v) is 10.1. The molecule has 1 saturated heterocycles. The van der Waals surface area contributed by atoms with Crippen molar-refractivity contribution in [3.63, 3.8) is 0 Å². The van der Waals surface area contributed by atoms with Gasteiger partial charge < -0.3 is 4.90 Å². The molecule has 3 heterocycles. The first-order valence-electron chi connectivity index (χ1n) is 7.45. The Morgan fingerprint density at radius 2 is 1.95 bits per heavy atom. The second kappa shape index (κ2) is 5.39. The van der Waals surface area contributed by atoms with Gasteiger partial charge in [0, 0.05) is 18.0 Å². The van der Waals surface area contributed by atoms with Gasteiger partial charge in [0.05, 0.1) is 16.4 Å². The molecule has 2 aliphatic heterocycles. The standard InChI is InChI=1S/C15H21NO3S2/c1-10-5-11(2)8-16(7-10)15(17)14-6-12-9-21(18,19)4-3-13(12)20-14/h6,10-11H,3-5,7-9H2,1-2H3/t10-,11-/m0/s1. The van der Waals surface area contributed by atoms with E-state index in [4.69, 9.17) is 0 Å². The molecule has 0 aliphatic carbocycles. The Morgan fingerprint density at radius 1 is 1.29 bits per heavy atom. The molecule has 0 bridgehead atoms. The first-order chi connectivity index (χ1) is 9.84. The highest BCUT2D eigenvalue weighted by Crippen LogP contribution is 2.31. The van der Waals surface area contributed by atoms with Crippen LogP contribution in [0.1, 0.15) is 40.4 Å². The Hall–Kier alpha value is -0.880. The van der Waals surface area contributed by atoms with Crippen LogP contribution in [0.25, 0.3) is 0 Å². The molecule has 3 rings (SSSR count). The maximum absolute atomic E-state index is 12.7. The Balaban J connectivity index is 1.81. The van der Waals surface area contributed by atoms with E-state index in [1.54, 1.807) is 0 Å². The van der Waals surface area contributed by atoms with Crippen LogP contribution in [0, 0.1) is 11.8 Å². The lowest BCUT2D eigenvalue weighted by Gasteiger charge is -2.34. The second-order valence-corrected chi connectivity index (χ2v) is 9.88. The fourth-order valence-electron chi connectivity index (χ4n) is 3.45. The van der Waals surface area contributed by atoms with Crippen LogP contribution in [-0.4, -0.2) is 38.1 Å². The number of likely N-dealkylation sites (tertiary alicyclic amines) is 1. The zero-order valence-electron chi connectivity index (χ0n) is 12.5. The fourth-order valence-corrected chi connectivity index (χ4v) is 6.21. The molecule has 2 aliphatic rings. The molecule has 116 valence electrons. The molecule has 6 heteroatoms. The fraction of sp³-hybridized carbons (Fsp3) is 0.667. The topological polar surface area (TPSA) is 54.5 Å². The van der Waals surface area contributed by atoms with E-state index >= 15 is 0 Å². The van der Waals surface area contributed by atoms with Crippen molar-refractivity contribution in [2.75, 3.05) is 18.8 Å². The van der Waals surface area contributed by atoms with Crippen molar-refractivity contribution in [3.05, 3.63) is 21.4 Å². The highest BCUT2D eigenvalue weighted by Gasteiger charge is 2.29. The average Bonchev–Trinajstić information content (AvgIpc) is 2.78. The van der Waals surface area contributed by atoms with Crippen LogP contribution < -0.4 is 0 Å². The number of fused-ring (bicyclic) bond motifs is 1. The van der Waals surface area contributed by atoms with Crippen molar-refractivity contribution >= 4 is 27.1 Å². The Labute approximate surface area is 130 Å². The number of nitrogens with zero attached hydrogens (tertiary/aromatic N) is 1. The minimum Gasteiger partial charge on any atom is -0.337 e. The molecule has 0 spiro atoms. The van der Waals surface area contributed by atoms with Crippen molar-refractivity contribution in [1.82, 2.24) is 4.90 Å². The normalized spacial score (nSPS) is 28.2. The van der Waals surface area contributed by atoms with Crippen LogP contribution >= 0.6 is 11.3 Å². The van der Waals surface area contributed by atoms with Gasteiger partial charge in [0.15, 0.2) is 9.84 Å². The Morgan fingerprint density at radius 3 is 2.62 bits per heavy atom. The van der Waals surface area contributed by atoms with E-state index in [2.05, 4.69) is 13.8 Å². The van der Waals surface area contributed by atoms with Crippen molar-refractivity contribution in [1.29, 1.82) is 0 Å². The van der Waals surface area contributed by atoms with Crippen LogP contribution in [0.4, 0.5) is 0 Å². The predicted molar refractivity (Wildman–Crippen MR) is 84.4 cm³/mol. The molecule has 2 atom stereocenters. The smallest absolute Gasteiger partial charge is 0.263 e. The summed E-state index contributed by atoms with van der Waals surface area (Å²) in [5.74, 6) is 1.45. The number of aryl methyl sites for hydroxylation is 1. The molecule has 0 saturated carbocycles. The summed E-state index contributed by atoms with van der Waals surface area (Å²) in [7, 11) is -2.97. The number of sulfone groups is 1. The van der Waals surface area contributed by atoms with E-state index in [9.17, 15) is 13.2 Å². The van der Waals surface area contributed by atoms with Crippen LogP contribution in [0.2, 0.25) is 0 Å². The molecule has 0 aromatic carbocycles. The summed E-state index contributed by atoms with van der Waals surface area (Å²) >= 11 is 1.48. The van der Waals surface area contributed by atoms with E-state index in [0.29, 0.717) is 23.1 Å². The lowest BCUT2D eigenvalue weighted by Crippen LogP contribution is -2.42. The van der Waals surface area contributed by atoms with Crippen LogP contribution in [0.15, 0.2) is 6.07 Å². The van der Waals surface area contributed by atoms with E-state index in [1.807, 2.05) is 11.0 Å². The molecule has 1 fully saturated rings. The first kappa shape index (κ1) is 15.0. The summed E-state index contributed by atoms with van der Waals surface area (Å²) in [5, 5.41) is 0. The van der Waals surface area contributed by atoms with Gasteiger partial charge >= 0.3 is 0 Å². The SMILES string of the molecule is C[C@H]1C[C@H](C)CN(C(=O)c2cc3c(s2)CCS(=O)(=O)C3)C1. The molecule has 21 heavy (non-hydrogen) atoms. The van der Waals surface area contributed by atoms with E-state index < -0.39 is 9.84 Å². The summed E-state index contributed by atoms with van der Waals surface area (Å²) in [6, 6.07) is 1.81. The van der Waals surface area contributed by atoms with Crippen molar-refractivity contribution in [2.24, 2.45) is 11.8 Å². The molecule has 0 radical (unpaired) electrons. The molecule has 4 nitrogen and oxygen atoms in total. The minimum absolute atomic E-state index is 0.0743. The van der Waals surface area contributed by atoms with Crippen molar-refractivity contribution < 1.29 is 13.2 Å². The third kappa shape index (κ3) is 3.16. The van der Waals surface area contributed by atoms with Crippen LogP contribution in [-0.2, 0) is 22.0 Å². The van der Waals surface area contributed by atoms with Gasteiger partial charge in [-0.2, -0.15) is 0 Å². The van der Waals surface area contributed by atoms with Crippen molar-refractivity contribution in [3.8, 4) is 0 Å². The Bertz CT molecular complexity index is 652. The van der Waals surface area contributed by atoms with Gasteiger partial charge in [-0.25, -0.2) is 8.42 Å². The number of piperidine rings is 1.